The molecule has 1 aliphatic heterocycles. The lowest BCUT2D eigenvalue weighted by atomic mass is 10.0. The predicted octanol–water partition coefficient (Wildman–Crippen LogP) is 2.27. The van der Waals surface area contributed by atoms with Crippen molar-refractivity contribution in [1.82, 2.24) is 9.88 Å². The molecule has 1 amide bonds. The molecule has 0 saturated carbocycles. The molecule has 5 heteroatoms. The second kappa shape index (κ2) is 5.51. The molecule has 0 aromatic carbocycles. The Balaban J connectivity index is 0.00000128. The fourth-order valence-corrected chi connectivity index (χ4v) is 1.63. The minimum atomic E-state index is -0.855. The van der Waals surface area contributed by atoms with Crippen LogP contribution >= 0.6 is 12.4 Å². The van der Waals surface area contributed by atoms with Gasteiger partial charge in [0.25, 0.3) is 0 Å². The Morgan fingerprint density at radius 1 is 1.44 bits per heavy atom. The van der Waals surface area contributed by atoms with Crippen molar-refractivity contribution in [2.45, 2.75) is 6.42 Å². The first kappa shape index (κ1) is 12.5. The van der Waals surface area contributed by atoms with Crippen LogP contribution in [-0.2, 0) is 0 Å². The molecule has 4 nitrogen and oxygen atoms in total. The molecule has 16 heavy (non-hydrogen) atoms. The second-order valence-electron chi connectivity index (χ2n) is 3.42. The molecular weight excluding hydrogens is 228 g/mol. The lowest BCUT2D eigenvalue weighted by Gasteiger charge is -2.23. The summed E-state index contributed by atoms with van der Waals surface area (Å²) < 4.78 is 0. The summed E-state index contributed by atoms with van der Waals surface area (Å²) in [4.78, 5) is 16.3. The number of carbonyl (C=O) groups is 1. The predicted molar refractivity (Wildman–Crippen MR) is 63.7 cm³/mol. The first-order valence-electron chi connectivity index (χ1n) is 4.85. The molecule has 86 valence electrons. The first-order chi connectivity index (χ1) is 7.27. The summed E-state index contributed by atoms with van der Waals surface area (Å²) in [5, 5.41) is 8.78. The lowest BCUT2D eigenvalue weighted by molar-refractivity contribution is 0.150. The highest BCUT2D eigenvalue weighted by Crippen LogP contribution is 2.19. The second-order valence-corrected chi connectivity index (χ2v) is 3.42. The van der Waals surface area contributed by atoms with Gasteiger partial charge in [-0.2, -0.15) is 0 Å². The van der Waals surface area contributed by atoms with Crippen molar-refractivity contribution in [1.29, 1.82) is 0 Å². The maximum atomic E-state index is 10.7. The van der Waals surface area contributed by atoms with Crippen LogP contribution in [0.5, 0.6) is 0 Å². The molecule has 1 aromatic rings. The molecule has 0 spiro atoms. The van der Waals surface area contributed by atoms with E-state index in [-0.39, 0.29) is 12.4 Å². The van der Waals surface area contributed by atoms with Crippen LogP contribution in [0, 0.1) is 0 Å². The van der Waals surface area contributed by atoms with E-state index in [2.05, 4.69) is 4.98 Å². The van der Waals surface area contributed by atoms with Crippen LogP contribution in [0.15, 0.2) is 30.5 Å². The van der Waals surface area contributed by atoms with Gasteiger partial charge in [-0.1, -0.05) is 12.1 Å². The first-order valence-corrected chi connectivity index (χ1v) is 4.85. The Morgan fingerprint density at radius 3 is 2.75 bits per heavy atom. The highest BCUT2D eigenvalue weighted by atomic mass is 35.5. The van der Waals surface area contributed by atoms with E-state index in [9.17, 15) is 4.79 Å². The van der Waals surface area contributed by atoms with E-state index < -0.39 is 6.09 Å². The lowest BCUT2D eigenvalue weighted by Crippen LogP contribution is -2.33. The number of amides is 1. The van der Waals surface area contributed by atoms with Crippen molar-refractivity contribution in [3.8, 4) is 0 Å². The van der Waals surface area contributed by atoms with Crippen molar-refractivity contribution in [3.05, 3.63) is 36.2 Å². The largest absolute Gasteiger partial charge is 0.465 e. The molecule has 0 atom stereocenters. The van der Waals surface area contributed by atoms with Gasteiger partial charge in [-0.15, -0.1) is 12.4 Å². The third-order valence-corrected chi connectivity index (χ3v) is 2.47. The normalized spacial score (nSPS) is 15.0. The molecule has 2 rings (SSSR count). The summed E-state index contributed by atoms with van der Waals surface area (Å²) in [5.74, 6) is 0. The highest BCUT2D eigenvalue weighted by molar-refractivity contribution is 5.85. The topological polar surface area (TPSA) is 53.4 Å². The smallest absolute Gasteiger partial charge is 0.407 e. The van der Waals surface area contributed by atoms with Crippen LogP contribution < -0.4 is 0 Å². The van der Waals surface area contributed by atoms with E-state index in [0.717, 1.165) is 17.7 Å². The summed E-state index contributed by atoms with van der Waals surface area (Å²) in [6, 6.07) is 5.76. The molecule has 0 fully saturated rings. The van der Waals surface area contributed by atoms with Gasteiger partial charge in [0.15, 0.2) is 0 Å². The fourth-order valence-electron chi connectivity index (χ4n) is 1.63. The summed E-state index contributed by atoms with van der Waals surface area (Å²) in [6.07, 6.45) is 3.56. The molecule has 0 radical (unpaired) electrons. The Labute approximate surface area is 100 Å². The zero-order chi connectivity index (χ0) is 10.7. The monoisotopic (exact) mass is 240 g/mol. The molecule has 0 saturated heterocycles. The van der Waals surface area contributed by atoms with Crippen LogP contribution in [0.4, 0.5) is 4.79 Å². The molecule has 2 heterocycles. The Bertz CT molecular complexity index is 392. The van der Waals surface area contributed by atoms with Crippen LogP contribution in [0.2, 0.25) is 0 Å². The molecule has 1 aliphatic rings. The van der Waals surface area contributed by atoms with Gasteiger partial charge in [0.1, 0.15) is 0 Å². The molecular formula is C11H13ClN2O2. The number of carboxylic acid groups (broad SMARTS) is 1. The minimum absolute atomic E-state index is 0. The maximum absolute atomic E-state index is 10.7. The summed E-state index contributed by atoms with van der Waals surface area (Å²) in [6.45, 7) is 1.01. The Hall–Kier alpha value is -1.55. The molecule has 1 N–H and O–H groups in total. The molecule has 0 unspecified atom stereocenters. The zero-order valence-electron chi connectivity index (χ0n) is 8.67. The van der Waals surface area contributed by atoms with Crippen LogP contribution in [0.25, 0.3) is 5.57 Å². The van der Waals surface area contributed by atoms with Gasteiger partial charge >= 0.3 is 6.09 Å². The molecule has 1 aromatic heterocycles. The van der Waals surface area contributed by atoms with Gasteiger partial charge in [0.05, 0.1) is 5.69 Å². The quantitative estimate of drug-likeness (QED) is 0.819. The number of hydrogen-bond acceptors (Lipinski definition) is 2. The van der Waals surface area contributed by atoms with E-state index in [1.54, 1.807) is 6.20 Å². The van der Waals surface area contributed by atoms with Crippen molar-refractivity contribution in [2.75, 3.05) is 13.1 Å². The average Bonchev–Trinajstić information content (AvgIpc) is 2.30. The number of nitrogens with zero attached hydrogens (tertiary/aromatic N) is 2. The van der Waals surface area contributed by atoms with Gasteiger partial charge in [-0.25, -0.2) is 4.79 Å². The Kier molecular flexibility index (Phi) is 4.31. The third-order valence-electron chi connectivity index (χ3n) is 2.47. The van der Waals surface area contributed by atoms with Gasteiger partial charge in [0.2, 0.25) is 0 Å². The fraction of sp³-hybridized carbons (Fsp3) is 0.273. The van der Waals surface area contributed by atoms with Gasteiger partial charge < -0.3 is 10.0 Å². The number of halogens is 1. The van der Waals surface area contributed by atoms with Crippen molar-refractivity contribution >= 4 is 24.1 Å². The number of rotatable bonds is 1. The average molecular weight is 241 g/mol. The SMILES string of the molecule is Cl.O=C(O)N1CC=C(c2ccccn2)CC1. The Morgan fingerprint density at radius 2 is 2.25 bits per heavy atom. The van der Waals surface area contributed by atoms with Crippen LogP contribution in [-0.4, -0.2) is 34.2 Å². The van der Waals surface area contributed by atoms with Crippen molar-refractivity contribution in [3.63, 3.8) is 0 Å². The number of pyridine rings is 1. The number of hydrogen-bond donors (Lipinski definition) is 1. The van der Waals surface area contributed by atoms with Crippen LogP contribution in [0.3, 0.4) is 0 Å². The van der Waals surface area contributed by atoms with E-state index in [4.69, 9.17) is 5.11 Å². The van der Waals surface area contributed by atoms with E-state index in [1.807, 2.05) is 24.3 Å². The molecule has 0 bridgehead atoms. The summed E-state index contributed by atoms with van der Waals surface area (Å²) in [7, 11) is 0. The van der Waals surface area contributed by atoms with E-state index in [0.29, 0.717) is 13.1 Å². The van der Waals surface area contributed by atoms with E-state index in [1.165, 1.54) is 4.90 Å². The summed E-state index contributed by atoms with van der Waals surface area (Å²) in [5.41, 5.74) is 2.08. The van der Waals surface area contributed by atoms with Crippen LogP contribution in [0.1, 0.15) is 12.1 Å². The zero-order valence-corrected chi connectivity index (χ0v) is 9.48. The van der Waals surface area contributed by atoms with Crippen molar-refractivity contribution < 1.29 is 9.90 Å². The number of aromatic nitrogens is 1. The van der Waals surface area contributed by atoms with Gasteiger partial charge in [-0.05, 0) is 24.1 Å². The highest BCUT2D eigenvalue weighted by Gasteiger charge is 2.16. The summed E-state index contributed by atoms with van der Waals surface area (Å²) >= 11 is 0. The maximum Gasteiger partial charge on any atom is 0.407 e. The third kappa shape index (κ3) is 2.73. The minimum Gasteiger partial charge on any atom is -0.465 e. The molecule has 0 aliphatic carbocycles. The van der Waals surface area contributed by atoms with Gasteiger partial charge in [0, 0.05) is 19.3 Å². The standard InChI is InChI=1S/C11H12N2O2.ClH/c14-11(15)13-7-4-9(5-8-13)10-3-1-2-6-12-10;/h1-4,6H,5,7-8H2,(H,14,15);1H. The van der Waals surface area contributed by atoms with E-state index >= 15 is 0 Å². The van der Waals surface area contributed by atoms with Crippen molar-refractivity contribution in [2.24, 2.45) is 0 Å². The van der Waals surface area contributed by atoms with Gasteiger partial charge in [-0.3, -0.25) is 4.98 Å².